The minimum Gasteiger partial charge on any atom is -0.368 e. The number of halogens is 17. The maximum absolute atomic E-state index is 14.7. The van der Waals surface area contributed by atoms with Crippen LogP contribution < -0.4 is 5.32 Å². The normalized spacial score (nSPS) is 25.7. The van der Waals surface area contributed by atoms with Crippen LogP contribution in [0.1, 0.15) is 19.6 Å². The van der Waals surface area contributed by atoms with Gasteiger partial charge in [-0.3, -0.25) is 13.6 Å². The van der Waals surface area contributed by atoms with Crippen LogP contribution >= 0.6 is 7.82 Å². The number of nitrogens with one attached hydrogen (secondary N) is 1. The summed E-state index contributed by atoms with van der Waals surface area (Å²) in [4.78, 5) is 19.8. The van der Waals surface area contributed by atoms with Gasteiger partial charge in [0.25, 0.3) is 0 Å². The minimum absolute atomic E-state index is 0.00176. The number of aromatic nitrogens is 4. The number of anilines is 1. The molecule has 2 aromatic heterocycles. The summed E-state index contributed by atoms with van der Waals surface area (Å²) in [5.41, 5.74) is -3.41. The molecule has 29 heteroatoms. The average molecular weight is 789 g/mol. The zero-order chi connectivity index (χ0) is 38.5. The Bertz CT molecular complexity index is 1660. The van der Waals surface area contributed by atoms with E-state index in [2.05, 4.69) is 19.5 Å². The van der Waals surface area contributed by atoms with Gasteiger partial charge < -0.3 is 19.7 Å². The third-order valence-corrected chi connectivity index (χ3v) is 8.63. The van der Waals surface area contributed by atoms with Gasteiger partial charge in [0, 0.05) is 7.11 Å². The lowest BCUT2D eigenvalue weighted by Gasteiger charge is -2.42. The van der Waals surface area contributed by atoms with Crippen molar-refractivity contribution in [2.45, 2.75) is 85.1 Å². The molecule has 11 nitrogen and oxygen atoms in total. The summed E-state index contributed by atoms with van der Waals surface area (Å²) < 4.78 is 266. The maximum Gasteiger partial charge on any atom is 0.472 e. The second-order valence-corrected chi connectivity index (χ2v) is 12.1. The molecule has 4 rings (SSSR count). The fourth-order valence-electron chi connectivity index (χ4n) is 4.81. The third kappa shape index (κ3) is 5.37. The molecule has 2 aromatic rings. The van der Waals surface area contributed by atoms with Crippen LogP contribution in [0.5, 0.6) is 0 Å². The fourth-order valence-corrected chi connectivity index (χ4v) is 5.50. The molecule has 0 aliphatic carbocycles. The smallest absolute Gasteiger partial charge is 0.368 e. The molecule has 2 aliphatic rings. The van der Waals surface area contributed by atoms with Gasteiger partial charge in [0.05, 0.1) is 12.9 Å². The van der Waals surface area contributed by atoms with Gasteiger partial charge in [-0.2, -0.15) is 74.6 Å². The fraction of sp³-hybridized carbons (Fsp3) is 0.762. The van der Waals surface area contributed by atoms with E-state index >= 15 is 0 Å². The third-order valence-electron chi connectivity index (χ3n) is 7.68. The second-order valence-electron chi connectivity index (χ2n) is 10.6. The summed E-state index contributed by atoms with van der Waals surface area (Å²) in [6, 6.07) is -7.01. The first-order chi connectivity index (χ1) is 22.3. The first-order valence-corrected chi connectivity index (χ1v) is 14.4. The molecule has 0 radical (unpaired) electrons. The summed E-state index contributed by atoms with van der Waals surface area (Å²) >= 11 is 0. The van der Waals surface area contributed by atoms with Gasteiger partial charge in [-0.05, 0) is 6.42 Å². The van der Waals surface area contributed by atoms with Crippen molar-refractivity contribution < 1.29 is 103 Å². The molecule has 0 spiro atoms. The van der Waals surface area contributed by atoms with E-state index in [-0.39, 0.29) is 24.7 Å². The first kappa shape index (κ1) is 40.0. The molecule has 4 heterocycles. The van der Waals surface area contributed by atoms with Crippen LogP contribution in [0.4, 0.5) is 80.5 Å². The van der Waals surface area contributed by atoms with E-state index in [1.807, 2.05) is 0 Å². The molecule has 2 aliphatic heterocycles. The summed E-state index contributed by atoms with van der Waals surface area (Å²) in [7, 11) is -3.94. The van der Waals surface area contributed by atoms with Crippen molar-refractivity contribution in [1.82, 2.24) is 19.5 Å². The van der Waals surface area contributed by atoms with Gasteiger partial charge in [-0.1, -0.05) is 6.92 Å². The lowest BCUT2D eigenvalue weighted by Crippen LogP contribution is -2.75. The number of hydrogen-bond donors (Lipinski definition) is 2. The van der Waals surface area contributed by atoms with Crippen molar-refractivity contribution in [2.75, 3.05) is 19.0 Å². The Labute approximate surface area is 264 Å². The molecule has 0 saturated carbocycles. The highest BCUT2D eigenvalue weighted by atomic mass is 31.2. The summed E-state index contributed by atoms with van der Waals surface area (Å²) in [6.45, 7) is 1.22. The van der Waals surface area contributed by atoms with Crippen LogP contribution in [0.25, 0.3) is 11.2 Å². The molecule has 0 aromatic carbocycles. The molecule has 2 bridgehead atoms. The second kappa shape index (κ2) is 11.6. The van der Waals surface area contributed by atoms with Gasteiger partial charge in [0.1, 0.15) is 24.1 Å². The molecule has 2 saturated heterocycles. The van der Waals surface area contributed by atoms with Crippen molar-refractivity contribution in [3.63, 3.8) is 0 Å². The van der Waals surface area contributed by atoms with Gasteiger partial charge in [-0.15, -0.1) is 0 Å². The Morgan fingerprint density at radius 1 is 0.880 bits per heavy atom. The van der Waals surface area contributed by atoms with Crippen molar-refractivity contribution in [1.29, 1.82) is 0 Å². The number of phosphoric acid groups is 1. The van der Waals surface area contributed by atoms with E-state index in [1.165, 1.54) is 6.92 Å². The van der Waals surface area contributed by atoms with E-state index in [4.69, 9.17) is 14.0 Å². The Morgan fingerprint density at radius 3 is 1.90 bits per heavy atom. The van der Waals surface area contributed by atoms with Crippen molar-refractivity contribution in [3.8, 4) is 0 Å². The summed E-state index contributed by atoms with van der Waals surface area (Å²) in [5.74, 6) is -52.8. The van der Waals surface area contributed by atoms with E-state index in [1.54, 1.807) is 0 Å². The number of nitrogens with zero attached hydrogens (tertiary/aromatic N) is 4. The number of rotatable bonds is 13. The van der Waals surface area contributed by atoms with Crippen LogP contribution in [-0.2, 0) is 23.1 Å². The highest BCUT2D eigenvalue weighted by Gasteiger charge is 2.95. The molecule has 5 atom stereocenters. The quantitative estimate of drug-likeness (QED) is 0.133. The van der Waals surface area contributed by atoms with Gasteiger partial charge in [0.2, 0.25) is 0 Å². The predicted molar refractivity (Wildman–Crippen MR) is 124 cm³/mol. The Balaban J connectivity index is 1.70. The standard InChI is InChI=1S/C21H17F17N5O6P/c1-3-13-4-47-8(9(13)49-50(44,45)46-2)12(48-13)43-6-41-7-10(39-5-40-11(7)43)42-21(37,38)19(32,33)17(28,29)15(24,25)14(22,23)16(26,27)18(30,31)20(34,35)36/h5-6,8-9,12H,3-4H2,1-2H3,(H,44,45)(H,39,40,42)/t8-,9?,12+,13-/m0/s1. The molecular formula is C21H17F17N5O6P. The number of ether oxygens (including phenoxy) is 2. The van der Waals surface area contributed by atoms with Gasteiger partial charge >= 0.3 is 55.6 Å². The van der Waals surface area contributed by atoms with Crippen molar-refractivity contribution >= 4 is 24.8 Å². The number of phosphoric ester groups is 1. The molecule has 0 amide bonds. The molecule has 2 fully saturated rings. The molecule has 2 unspecified atom stereocenters. The topological polar surface area (TPSA) is 130 Å². The van der Waals surface area contributed by atoms with E-state index < -0.39 is 96.6 Å². The predicted octanol–water partition coefficient (Wildman–Crippen LogP) is 6.41. The summed E-state index contributed by atoms with van der Waals surface area (Å²) in [6.07, 6.45) is -11.3. The summed E-state index contributed by atoms with van der Waals surface area (Å²) in [5, 5.41) is 0.161. The monoisotopic (exact) mass is 789 g/mol. The number of alkyl halides is 17. The number of hydrogen-bond acceptors (Lipinski definition) is 9. The Hall–Kier alpha value is -2.81. The van der Waals surface area contributed by atoms with Crippen molar-refractivity contribution in [3.05, 3.63) is 12.7 Å². The highest BCUT2D eigenvalue weighted by molar-refractivity contribution is 7.47. The maximum atomic E-state index is 14.7. The average Bonchev–Trinajstić information content (AvgIpc) is 3.66. The number of imidazole rings is 1. The van der Waals surface area contributed by atoms with Crippen LogP contribution in [0.2, 0.25) is 0 Å². The van der Waals surface area contributed by atoms with Gasteiger partial charge in [0.15, 0.2) is 23.2 Å². The molecular weight excluding hydrogens is 772 g/mol. The first-order valence-electron chi connectivity index (χ1n) is 12.9. The SMILES string of the molecule is CC[C@]12CO[C@@H](C1OP(=O)(O)OC)[C@H](n1cnc3c(NC(F)(F)C(F)(F)C(F)(F)C(F)(F)C(F)(F)C(F)(F)C(F)(F)C(F)(F)F)ncnc31)O2. The van der Waals surface area contributed by atoms with Crippen LogP contribution in [0.3, 0.4) is 0 Å². The lowest BCUT2D eigenvalue weighted by atomic mass is 9.90. The Morgan fingerprint density at radius 2 is 1.40 bits per heavy atom. The van der Waals surface area contributed by atoms with Crippen LogP contribution in [0.15, 0.2) is 12.7 Å². The van der Waals surface area contributed by atoms with E-state index in [0.29, 0.717) is 6.33 Å². The number of fused-ring (bicyclic) bond motifs is 3. The van der Waals surface area contributed by atoms with E-state index in [0.717, 1.165) is 11.7 Å². The van der Waals surface area contributed by atoms with Crippen LogP contribution in [-0.4, -0.2) is 104 Å². The Kier molecular flexibility index (Phi) is 9.27. The van der Waals surface area contributed by atoms with E-state index in [9.17, 15) is 84.1 Å². The zero-order valence-electron chi connectivity index (χ0n) is 24.0. The van der Waals surface area contributed by atoms with Gasteiger partial charge in [-0.25, -0.2) is 19.5 Å². The zero-order valence-corrected chi connectivity index (χ0v) is 24.8. The molecule has 50 heavy (non-hydrogen) atoms. The molecule has 286 valence electrons. The van der Waals surface area contributed by atoms with Crippen molar-refractivity contribution in [2.24, 2.45) is 0 Å². The lowest BCUT2D eigenvalue weighted by molar-refractivity contribution is -0.460. The highest BCUT2D eigenvalue weighted by Crippen LogP contribution is 2.64. The largest absolute Gasteiger partial charge is 0.472 e. The van der Waals surface area contributed by atoms with Crippen LogP contribution in [0, 0.1) is 0 Å². The minimum atomic E-state index is -8.78. The molecule has 2 N–H and O–H groups in total.